The van der Waals surface area contributed by atoms with Gasteiger partial charge in [0.1, 0.15) is 23.3 Å². The minimum Gasteiger partial charge on any atom is -0.356 e. The Labute approximate surface area is 707 Å². The molecule has 30 nitrogen and oxygen atoms in total. The average Bonchev–Trinajstić information content (AvgIpc) is 1.65. The predicted molar refractivity (Wildman–Crippen MR) is 476 cm³/mol. The lowest BCUT2D eigenvalue weighted by Gasteiger charge is -2.16. The highest BCUT2D eigenvalue weighted by atomic mass is 16.2. The first-order valence-corrected chi connectivity index (χ1v) is 41.8. The van der Waals surface area contributed by atoms with Crippen LogP contribution in [0.25, 0.3) is 112 Å². The van der Waals surface area contributed by atoms with Crippen LogP contribution < -0.4 is 31.9 Å². The van der Waals surface area contributed by atoms with Crippen LogP contribution in [0.5, 0.6) is 0 Å². The van der Waals surface area contributed by atoms with Crippen LogP contribution in [0.2, 0.25) is 0 Å². The number of H-pyrrole nitrogens is 4. The molecule has 6 heterocycles. The molecule has 0 bridgehead atoms. The number of carbonyl (C=O) groups excluding carboxylic acids is 6. The second-order valence-electron chi connectivity index (χ2n) is 31.6. The Morgan fingerprint density at radius 3 is 0.877 bits per heavy atom. The number of aryl methyl sites for hydroxylation is 4. The van der Waals surface area contributed by atoms with Crippen molar-refractivity contribution >= 4 is 79.6 Å². The fourth-order valence-corrected chi connectivity index (χ4v) is 14.4. The van der Waals surface area contributed by atoms with E-state index in [-0.39, 0.29) is 48.3 Å². The van der Waals surface area contributed by atoms with Gasteiger partial charge in [-0.15, -0.1) is 10.2 Å². The van der Waals surface area contributed by atoms with Crippen molar-refractivity contribution in [1.29, 1.82) is 0 Å². The molecule has 0 saturated carbocycles. The van der Waals surface area contributed by atoms with Gasteiger partial charge in [-0.05, 0) is 226 Å². The van der Waals surface area contributed by atoms with E-state index in [9.17, 15) is 28.8 Å². The van der Waals surface area contributed by atoms with E-state index in [1.54, 1.807) is 9.36 Å². The summed E-state index contributed by atoms with van der Waals surface area (Å²) in [4.78, 5) is 119. The largest absolute Gasteiger partial charge is 0.356 e. The van der Waals surface area contributed by atoms with Crippen LogP contribution in [-0.4, -0.2) is 246 Å². The van der Waals surface area contributed by atoms with Gasteiger partial charge in [-0.25, -0.2) is 19.9 Å². The van der Waals surface area contributed by atoms with Gasteiger partial charge >= 0.3 is 0 Å². The van der Waals surface area contributed by atoms with Crippen molar-refractivity contribution in [3.8, 4) is 67.8 Å². The molecule has 0 saturated heterocycles. The topological polar surface area (TPSA) is 364 Å². The third-order valence-corrected chi connectivity index (χ3v) is 21.5. The number of imidazole rings is 4. The molecule has 0 aliphatic heterocycles. The lowest BCUT2D eigenvalue weighted by atomic mass is 10.0. The first kappa shape index (κ1) is 85.0. The van der Waals surface area contributed by atoms with E-state index in [1.165, 1.54) is 0 Å². The van der Waals surface area contributed by atoms with Crippen LogP contribution in [0.4, 0.5) is 0 Å². The van der Waals surface area contributed by atoms with Crippen molar-refractivity contribution in [1.82, 2.24) is 121 Å². The Balaban J connectivity index is 0.406. The summed E-state index contributed by atoms with van der Waals surface area (Å²) in [6.45, 7) is 9.01. The van der Waals surface area contributed by atoms with Crippen molar-refractivity contribution in [2.75, 3.05) is 121 Å². The number of unbranched alkanes of at least 4 members (excludes halogenated alkanes) is 2. The number of amides is 6. The van der Waals surface area contributed by atoms with Gasteiger partial charge in [0, 0.05) is 148 Å². The van der Waals surface area contributed by atoms with Crippen LogP contribution in [0.1, 0.15) is 104 Å². The Morgan fingerprint density at radius 2 is 0.590 bits per heavy atom. The predicted octanol–water partition coefficient (Wildman–Crippen LogP) is 10.8. The number of nitrogens with one attached hydrogen (secondary N) is 10. The maximum absolute atomic E-state index is 13.2. The number of carbonyl (C=O) groups is 6. The molecule has 14 rings (SSSR count). The van der Waals surface area contributed by atoms with Crippen LogP contribution >= 0.6 is 0 Å². The van der Waals surface area contributed by atoms with E-state index in [1.807, 2.05) is 172 Å². The molecule has 0 aliphatic carbocycles. The Kier molecular flexibility index (Phi) is 28.6. The van der Waals surface area contributed by atoms with Gasteiger partial charge in [-0.2, -0.15) is 0 Å². The molecule has 0 spiro atoms. The maximum Gasteiger partial charge on any atom is 0.251 e. The van der Waals surface area contributed by atoms with E-state index in [0.717, 1.165) is 176 Å². The zero-order valence-corrected chi connectivity index (χ0v) is 70.0. The zero-order chi connectivity index (χ0) is 84.9. The zero-order valence-electron chi connectivity index (χ0n) is 70.0. The summed E-state index contributed by atoms with van der Waals surface area (Å²) in [5, 5.41) is 35.1. The van der Waals surface area contributed by atoms with Gasteiger partial charge < -0.3 is 71.4 Å². The number of aromatic amines is 4. The lowest BCUT2D eigenvalue weighted by molar-refractivity contribution is -0.126. The Hall–Kier alpha value is -13.4. The van der Waals surface area contributed by atoms with Crippen LogP contribution in [0.15, 0.2) is 182 Å². The van der Waals surface area contributed by atoms with E-state index in [4.69, 9.17) is 19.9 Å². The molecule has 6 amide bonds. The van der Waals surface area contributed by atoms with Gasteiger partial charge in [-0.3, -0.25) is 38.1 Å². The average molecular weight is 1640 g/mol. The first-order chi connectivity index (χ1) is 59.3. The molecule has 0 radical (unpaired) electrons. The van der Waals surface area contributed by atoms with E-state index < -0.39 is 0 Å². The third-order valence-electron chi connectivity index (χ3n) is 21.5. The van der Waals surface area contributed by atoms with E-state index >= 15 is 0 Å². The quantitative estimate of drug-likeness (QED) is 0.0159. The standard InChI is InChI=1S/C92H106N24O6/c1-111(2)51-43-95-89(119)65-23-15-61(16-24-65)85-99-75-35-31-69(55-79(75)103-85)71-33-37-77-81(57-71)105-87(101-77)63-19-27-67(28-20-63)91(121)97-45-53-113(5)47-9-7-13-73-59-115(109-107-73)49-11-41-93-83(117)39-40-84(118)94-42-12-50-116-60-74(108-110-116)14-8-10-48-114(6)54-46-98-92(122)68-29-21-64(22-30-68)88-102-78-38-34-72(58-82(78)106-88)70-32-36-76-80(56-70)104-86(100-76)62-17-25-66(26-18-62)90(120)96-44-52-112(3)4/h15-38,55-60H,7-14,39-54H2,1-6H3,(H,93,117)(H,94,118)(H,95,119)(H,96,120)(H,97,121)(H,98,122)(H,99,103)(H,100,104)(H,101,105)(H,102,106). The molecule has 0 fully saturated rings. The summed E-state index contributed by atoms with van der Waals surface area (Å²) < 4.78 is 3.60. The van der Waals surface area contributed by atoms with Gasteiger partial charge in [-0.1, -0.05) is 83.2 Å². The summed E-state index contributed by atoms with van der Waals surface area (Å²) in [5.74, 6) is 2.05. The number of fused-ring (bicyclic) bond motifs is 4. The fraction of sp³-hybridized carbons (Fsp3) is 0.326. The number of aromatic nitrogens is 14. The van der Waals surface area contributed by atoms with Crippen molar-refractivity contribution in [3.63, 3.8) is 0 Å². The molecule has 8 aromatic carbocycles. The SMILES string of the molecule is CN(C)CCNC(=O)c1ccc(-c2nc3cc(-c4ccc5[nH]c(-c6ccc(C(=O)NCCN(C)CCCCc7cn(CCCNC(=O)CCC(=O)NCCCn8cc(CCCCN(C)CCNC(=O)c9ccc(-c%10nc%11cc(-c%12ccc%13[nH]c(-c%14ccc(C(=O)NCCN(C)C)cc%14)nc%13c%12)ccc%11[nH]%10)cc9)nn8)nn7)cc6)nc5c4)ccc3[nH]2)cc1. The van der Waals surface area contributed by atoms with Crippen LogP contribution in [0.3, 0.4) is 0 Å². The Bertz CT molecular complexity index is 5540. The van der Waals surface area contributed by atoms with Gasteiger partial charge in [0.25, 0.3) is 23.6 Å². The number of nitrogens with zero attached hydrogens (tertiary/aromatic N) is 14. The van der Waals surface area contributed by atoms with Crippen molar-refractivity contribution in [2.24, 2.45) is 0 Å². The second kappa shape index (κ2) is 41.0. The second-order valence-corrected chi connectivity index (χ2v) is 31.6. The van der Waals surface area contributed by atoms with E-state index in [0.29, 0.717) is 112 Å². The van der Waals surface area contributed by atoms with Gasteiger partial charge in [0.2, 0.25) is 11.8 Å². The van der Waals surface area contributed by atoms with Crippen molar-refractivity contribution in [3.05, 3.63) is 216 Å². The summed E-state index contributed by atoms with van der Waals surface area (Å²) in [6, 6.07) is 54.5. The molecule has 0 atom stereocenters. The normalized spacial score (nSPS) is 11.7. The monoisotopic (exact) mass is 1640 g/mol. The molecule has 14 aromatic rings. The number of hydrogen-bond donors (Lipinski definition) is 10. The summed E-state index contributed by atoms with van der Waals surface area (Å²) >= 11 is 0. The molecule has 122 heavy (non-hydrogen) atoms. The smallest absolute Gasteiger partial charge is 0.251 e. The highest BCUT2D eigenvalue weighted by Crippen LogP contribution is 2.33. The van der Waals surface area contributed by atoms with Crippen molar-refractivity contribution < 1.29 is 28.8 Å². The number of rotatable bonds is 43. The lowest BCUT2D eigenvalue weighted by Crippen LogP contribution is -2.33. The fourth-order valence-electron chi connectivity index (χ4n) is 14.4. The number of hydrogen-bond acceptors (Lipinski definition) is 18. The molecular formula is C92H106N24O6. The van der Waals surface area contributed by atoms with Crippen molar-refractivity contribution in [2.45, 2.75) is 77.3 Å². The van der Waals surface area contributed by atoms with Gasteiger partial charge in [0.15, 0.2) is 0 Å². The summed E-state index contributed by atoms with van der Waals surface area (Å²) in [7, 11) is 12.0. The van der Waals surface area contributed by atoms with Crippen LogP contribution in [-0.2, 0) is 35.5 Å². The molecule has 30 heteroatoms. The first-order valence-electron chi connectivity index (χ1n) is 41.8. The maximum atomic E-state index is 13.2. The van der Waals surface area contributed by atoms with Gasteiger partial charge in [0.05, 0.1) is 55.5 Å². The highest BCUT2D eigenvalue weighted by Gasteiger charge is 2.19. The number of benzene rings is 8. The molecule has 630 valence electrons. The minimum absolute atomic E-state index is 0.102. The number of likely N-dealkylation sites (N-methyl/N-ethyl adjacent to an activating group) is 4. The van der Waals surface area contributed by atoms with E-state index in [2.05, 4.69) is 145 Å². The summed E-state index contributed by atoms with van der Waals surface area (Å²) in [6.07, 6.45) is 10.9. The molecule has 0 unspecified atom stereocenters. The molecule has 0 aliphatic rings. The molecule has 10 N–H and O–H groups in total. The third kappa shape index (κ3) is 23.3. The van der Waals surface area contributed by atoms with Crippen LogP contribution in [0, 0.1) is 0 Å². The Morgan fingerprint density at radius 1 is 0.311 bits per heavy atom. The molecule has 6 aromatic heterocycles. The highest BCUT2D eigenvalue weighted by molar-refractivity contribution is 5.98. The molecular weight excluding hydrogens is 1540 g/mol. The minimum atomic E-state index is -0.173. The summed E-state index contributed by atoms with van der Waals surface area (Å²) in [5.41, 5.74) is 18.7.